The van der Waals surface area contributed by atoms with E-state index in [1.807, 2.05) is 6.07 Å². The predicted octanol–water partition coefficient (Wildman–Crippen LogP) is 0.434. The summed E-state index contributed by atoms with van der Waals surface area (Å²) in [6, 6.07) is 1.90. The van der Waals surface area contributed by atoms with Gasteiger partial charge < -0.3 is 19.9 Å². The Kier molecular flexibility index (Phi) is 6.03. The molecule has 1 aromatic heterocycles. The molecule has 2 fully saturated rings. The molecule has 2 saturated heterocycles. The van der Waals surface area contributed by atoms with Crippen LogP contribution in [0.2, 0.25) is 0 Å². The van der Waals surface area contributed by atoms with E-state index in [-0.39, 0.29) is 17.7 Å². The van der Waals surface area contributed by atoms with Crippen LogP contribution in [-0.4, -0.2) is 66.1 Å². The van der Waals surface area contributed by atoms with Crippen LogP contribution in [0.4, 0.5) is 5.82 Å². The van der Waals surface area contributed by atoms with Crippen molar-refractivity contribution in [2.45, 2.75) is 26.8 Å². The molecule has 0 saturated carbocycles. The summed E-state index contributed by atoms with van der Waals surface area (Å²) in [5.74, 6) is 0.959. The first kappa shape index (κ1) is 18.6. The number of hydrogen-bond acceptors (Lipinski definition) is 6. The first-order valence-electron chi connectivity index (χ1n) is 9.22. The number of rotatable bonds is 6. The standard InChI is InChI=1S/C18H27N5O3/c1-13(2)10-23-11-14(7-17(23)24)18(25)19-9-15-8-16(21-12-20-15)22-3-5-26-6-4-22/h8,12-14H,3-7,9-11H2,1-2H3,(H,19,25). The van der Waals surface area contributed by atoms with Gasteiger partial charge in [0.2, 0.25) is 11.8 Å². The molecule has 142 valence electrons. The van der Waals surface area contributed by atoms with Crippen molar-refractivity contribution in [1.29, 1.82) is 0 Å². The maximum atomic E-state index is 12.4. The number of anilines is 1. The quantitative estimate of drug-likeness (QED) is 0.791. The fourth-order valence-electron chi connectivity index (χ4n) is 3.33. The van der Waals surface area contributed by atoms with Gasteiger partial charge in [0.1, 0.15) is 12.1 Å². The molecule has 1 unspecified atom stereocenters. The molecular weight excluding hydrogens is 334 g/mol. The van der Waals surface area contributed by atoms with Crippen LogP contribution in [0.15, 0.2) is 12.4 Å². The molecule has 1 N–H and O–H groups in total. The van der Waals surface area contributed by atoms with Crippen molar-refractivity contribution in [1.82, 2.24) is 20.2 Å². The smallest absolute Gasteiger partial charge is 0.225 e. The largest absolute Gasteiger partial charge is 0.378 e. The van der Waals surface area contributed by atoms with Gasteiger partial charge in [-0.2, -0.15) is 0 Å². The van der Waals surface area contributed by atoms with Gasteiger partial charge in [-0.05, 0) is 5.92 Å². The van der Waals surface area contributed by atoms with E-state index in [0.717, 1.165) is 24.6 Å². The highest BCUT2D eigenvalue weighted by Crippen LogP contribution is 2.19. The van der Waals surface area contributed by atoms with Gasteiger partial charge in [0.25, 0.3) is 0 Å². The molecule has 3 heterocycles. The van der Waals surface area contributed by atoms with E-state index in [9.17, 15) is 9.59 Å². The Labute approximate surface area is 153 Å². The summed E-state index contributed by atoms with van der Waals surface area (Å²) in [5.41, 5.74) is 0.762. The van der Waals surface area contributed by atoms with E-state index < -0.39 is 0 Å². The molecule has 2 amide bonds. The Hall–Kier alpha value is -2.22. The maximum absolute atomic E-state index is 12.4. The summed E-state index contributed by atoms with van der Waals surface area (Å²) in [6.45, 7) is 8.69. The zero-order valence-corrected chi connectivity index (χ0v) is 15.5. The minimum atomic E-state index is -0.276. The van der Waals surface area contributed by atoms with Gasteiger partial charge in [0.05, 0.1) is 31.4 Å². The fourth-order valence-corrected chi connectivity index (χ4v) is 3.33. The molecule has 0 spiro atoms. The van der Waals surface area contributed by atoms with Gasteiger partial charge in [-0.3, -0.25) is 9.59 Å². The summed E-state index contributed by atoms with van der Waals surface area (Å²) in [4.78, 5) is 36.9. The third kappa shape index (κ3) is 4.69. The minimum Gasteiger partial charge on any atom is -0.378 e. The first-order valence-corrected chi connectivity index (χ1v) is 9.22. The van der Waals surface area contributed by atoms with Crippen LogP contribution in [0.25, 0.3) is 0 Å². The Morgan fingerprint density at radius 1 is 1.35 bits per heavy atom. The summed E-state index contributed by atoms with van der Waals surface area (Å²) in [7, 11) is 0. The van der Waals surface area contributed by atoms with Crippen LogP contribution in [0.3, 0.4) is 0 Å². The monoisotopic (exact) mass is 361 g/mol. The fraction of sp³-hybridized carbons (Fsp3) is 0.667. The van der Waals surface area contributed by atoms with Crippen LogP contribution >= 0.6 is 0 Å². The van der Waals surface area contributed by atoms with Gasteiger partial charge in [-0.1, -0.05) is 13.8 Å². The Balaban J connectivity index is 1.52. The summed E-state index contributed by atoms with van der Waals surface area (Å²) < 4.78 is 5.36. The number of amides is 2. The number of likely N-dealkylation sites (tertiary alicyclic amines) is 1. The second kappa shape index (κ2) is 8.44. The third-order valence-corrected chi connectivity index (χ3v) is 4.66. The number of morpholine rings is 1. The number of aromatic nitrogens is 2. The van der Waals surface area contributed by atoms with E-state index in [0.29, 0.717) is 45.2 Å². The second-order valence-electron chi connectivity index (χ2n) is 7.28. The van der Waals surface area contributed by atoms with Crippen LogP contribution in [-0.2, 0) is 20.9 Å². The molecule has 0 aromatic carbocycles. The molecular formula is C18H27N5O3. The topological polar surface area (TPSA) is 87.7 Å². The van der Waals surface area contributed by atoms with Crippen molar-refractivity contribution in [3.05, 3.63) is 18.1 Å². The van der Waals surface area contributed by atoms with Crippen molar-refractivity contribution in [2.75, 3.05) is 44.3 Å². The average Bonchev–Trinajstić information content (AvgIpc) is 3.01. The normalized spacial score (nSPS) is 20.7. The Morgan fingerprint density at radius 2 is 2.12 bits per heavy atom. The second-order valence-corrected chi connectivity index (χ2v) is 7.28. The van der Waals surface area contributed by atoms with Crippen LogP contribution in [0.1, 0.15) is 26.0 Å². The molecule has 2 aliphatic rings. The van der Waals surface area contributed by atoms with Crippen molar-refractivity contribution in [3.8, 4) is 0 Å². The lowest BCUT2D eigenvalue weighted by molar-refractivity contribution is -0.129. The van der Waals surface area contributed by atoms with Crippen LogP contribution in [0, 0.1) is 11.8 Å². The van der Waals surface area contributed by atoms with E-state index in [1.54, 1.807) is 4.90 Å². The van der Waals surface area contributed by atoms with Gasteiger partial charge >= 0.3 is 0 Å². The highest BCUT2D eigenvalue weighted by atomic mass is 16.5. The SMILES string of the molecule is CC(C)CN1CC(C(=O)NCc2cc(N3CCOCC3)ncn2)CC1=O. The van der Waals surface area contributed by atoms with Crippen molar-refractivity contribution in [3.63, 3.8) is 0 Å². The van der Waals surface area contributed by atoms with Gasteiger partial charge in [0.15, 0.2) is 0 Å². The average molecular weight is 361 g/mol. The van der Waals surface area contributed by atoms with E-state index in [4.69, 9.17) is 4.74 Å². The summed E-state index contributed by atoms with van der Waals surface area (Å²) >= 11 is 0. The lowest BCUT2D eigenvalue weighted by Gasteiger charge is -2.27. The molecule has 0 radical (unpaired) electrons. The lowest BCUT2D eigenvalue weighted by atomic mass is 10.1. The highest BCUT2D eigenvalue weighted by Gasteiger charge is 2.34. The predicted molar refractivity (Wildman–Crippen MR) is 96.4 cm³/mol. The lowest BCUT2D eigenvalue weighted by Crippen LogP contribution is -2.37. The first-order chi connectivity index (χ1) is 12.5. The minimum absolute atomic E-state index is 0.0653. The number of hydrogen-bond donors (Lipinski definition) is 1. The van der Waals surface area contributed by atoms with E-state index in [2.05, 4.69) is 34.0 Å². The van der Waals surface area contributed by atoms with Crippen LogP contribution in [0.5, 0.6) is 0 Å². The van der Waals surface area contributed by atoms with E-state index in [1.165, 1.54) is 6.33 Å². The van der Waals surface area contributed by atoms with Crippen molar-refractivity contribution < 1.29 is 14.3 Å². The molecule has 26 heavy (non-hydrogen) atoms. The summed E-state index contributed by atoms with van der Waals surface area (Å²) in [6.07, 6.45) is 1.82. The van der Waals surface area contributed by atoms with Gasteiger partial charge in [-0.25, -0.2) is 9.97 Å². The number of carbonyl (C=O) groups is 2. The number of nitrogens with zero attached hydrogens (tertiary/aromatic N) is 4. The Bertz CT molecular complexity index is 645. The number of carbonyl (C=O) groups excluding carboxylic acids is 2. The molecule has 8 nitrogen and oxygen atoms in total. The molecule has 2 aliphatic heterocycles. The summed E-state index contributed by atoms with van der Waals surface area (Å²) in [5, 5.41) is 2.91. The van der Waals surface area contributed by atoms with E-state index >= 15 is 0 Å². The molecule has 1 atom stereocenters. The molecule has 8 heteroatoms. The Morgan fingerprint density at radius 3 is 2.85 bits per heavy atom. The van der Waals surface area contributed by atoms with Crippen molar-refractivity contribution in [2.24, 2.45) is 11.8 Å². The molecule has 0 bridgehead atoms. The zero-order chi connectivity index (χ0) is 18.5. The van der Waals surface area contributed by atoms with Crippen molar-refractivity contribution >= 4 is 17.6 Å². The zero-order valence-electron chi connectivity index (χ0n) is 15.5. The third-order valence-electron chi connectivity index (χ3n) is 4.66. The maximum Gasteiger partial charge on any atom is 0.225 e. The highest BCUT2D eigenvalue weighted by molar-refractivity contribution is 5.89. The molecule has 1 aromatic rings. The number of nitrogens with one attached hydrogen (secondary N) is 1. The molecule has 0 aliphatic carbocycles. The molecule has 3 rings (SSSR count). The number of ether oxygens (including phenoxy) is 1. The van der Waals surface area contributed by atoms with Gasteiger partial charge in [-0.15, -0.1) is 0 Å². The van der Waals surface area contributed by atoms with Gasteiger partial charge in [0, 0.05) is 38.7 Å². The van der Waals surface area contributed by atoms with Crippen LogP contribution < -0.4 is 10.2 Å².